The molecule has 4 nitrogen and oxygen atoms in total. The Labute approximate surface area is 104 Å². The lowest BCUT2D eigenvalue weighted by Crippen LogP contribution is -2.18. The molecule has 0 atom stereocenters. The molecule has 0 N–H and O–H groups in total. The molecule has 0 amide bonds. The van der Waals surface area contributed by atoms with Gasteiger partial charge in [0.1, 0.15) is 5.69 Å². The molecule has 0 aromatic carbocycles. The molecule has 0 aliphatic rings. The van der Waals surface area contributed by atoms with Crippen molar-refractivity contribution < 1.29 is 9.53 Å². The number of imidazole rings is 1. The predicted molar refractivity (Wildman–Crippen MR) is 65.5 cm³/mol. The second kappa shape index (κ2) is 4.99. The maximum Gasteiger partial charge on any atom is 0.315 e. The molecule has 0 bridgehead atoms. The highest BCUT2D eigenvalue weighted by Crippen LogP contribution is 2.28. The molecular weight excluding hydrogens is 272 g/mol. The van der Waals surface area contributed by atoms with E-state index in [0.717, 1.165) is 5.69 Å². The van der Waals surface area contributed by atoms with Crippen LogP contribution in [0.2, 0.25) is 0 Å². The highest BCUT2D eigenvalue weighted by atomic mass is 79.9. The summed E-state index contributed by atoms with van der Waals surface area (Å²) < 4.78 is 7.89. The largest absolute Gasteiger partial charge is 0.407 e. The molecule has 1 aromatic heterocycles. The van der Waals surface area contributed by atoms with E-state index in [1.807, 2.05) is 39.2 Å². The third-order valence-electron chi connectivity index (χ3n) is 2.17. The molecule has 1 aromatic rings. The van der Waals surface area contributed by atoms with Gasteiger partial charge in [0.25, 0.3) is 0 Å². The van der Waals surface area contributed by atoms with Crippen molar-refractivity contribution in [2.24, 2.45) is 5.92 Å². The summed E-state index contributed by atoms with van der Waals surface area (Å²) >= 11 is 3.36. The molecule has 0 radical (unpaired) electrons. The van der Waals surface area contributed by atoms with Crippen LogP contribution in [0, 0.1) is 12.8 Å². The lowest BCUT2D eigenvalue weighted by Gasteiger charge is -2.14. The molecule has 0 unspecified atom stereocenters. The Kier molecular flexibility index (Phi) is 4.13. The Balaban J connectivity index is 3.08. The van der Waals surface area contributed by atoms with Crippen molar-refractivity contribution in [2.75, 3.05) is 0 Å². The van der Waals surface area contributed by atoms with E-state index in [-0.39, 0.29) is 17.9 Å². The third-order valence-corrected chi connectivity index (χ3v) is 2.73. The van der Waals surface area contributed by atoms with Gasteiger partial charge in [-0.05, 0) is 36.7 Å². The van der Waals surface area contributed by atoms with E-state index in [4.69, 9.17) is 4.74 Å². The Hall–Kier alpha value is -0.840. The van der Waals surface area contributed by atoms with Gasteiger partial charge in [-0.2, -0.15) is 0 Å². The maximum atomic E-state index is 11.6. The van der Waals surface area contributed by atoms with Gasteiger partial charge in [-0.25, -0.2) is 4.98 Å². The molecule has 0 fully saturated rings. The summed E-state index contributed by atoms with van der Waals surface area (Å²) in [5, 5.41) is 0. The first-order valence-electron chi connectivity index (χ1n) is 5.30. The number of hydrogen-bond donors (Lipinski definition) is 0. The molecule has 16 heavy (non-hydrogen) atoms. The highest BCUT2D eigenvalue weighted by molar-refractivity contribution is 9.10. The van der Waals surface area contributed by atoms with Gasteiger partial charge < -0.3 is 4.74 Å². The molecule has 0 spiro atoms. The number of hydrogen-bond acceptors (Lipinski definition) is 3. The van der Waals surface area contributed by atoms with Crippen LogP contribution in [0.1, 0.15) is 39.4 Å². The van der Waals surface area contributed by atoms with Crippen LogP contribution in [0.3, 0.4) is 0 Å². The second-order valence-electron chi connectivity index (χ2n) is 4.31. The fraction of sp³-hybridized carbons (Fsp3) is 0.636. The van der Waals surface area contributed by atoms with Crippen LogP contribution in [-0.2, 0) is 4.79 Å². The number of halogens is 1. The molecular formula is C11H17BrN2O2. The van der Waals surface area contributed by atoms with Crippen molar-refractivity contribution in [2.45, 2.75) is 40.7 Å². The second-order valence-corrected chi connectivity index (χ2v) is 5.02. The summed E-state index contributed by atoms with van der Waals surface area (Å²) in [7, 11) is 0. The van der Waals surface area contributed by atoms with Crippen LogP contribution in [-0.4, -0.2) is 15.5 Å². The Bertz CT molecular complexity index is 397. The zero-order chi connectivity index (χ0) is 12.5. The SMILES string of the molecule is Cc1nc(Br)n(C(C)C)c1OC(=O)C(C)C. The van der Waals surface area contributed by atoms with Crippen LogP contribution < -0.4 is 4.74 Å². The van der Waals surface area contributed by atoms with Gasteiger partial charge in [0.05, 0.1) is 5.92 Å². The fourth-order valence-electron chi connectivity index (χ4n) is 1.28. The quantitative estimate of drug-likeness (QED) is 0.803. The average Bonchev–Trinajstić information content (AvgIpc) is 2.41. The van der Waals surface area contributed by atoms with Crippen molar-refractivity contribution in [3.05, 3.63) is 10.4 Å². The lowest BCUT2D eigenvalue weighted by molar-refractivity contribution is -0.138. The van der Waals surface area contributed by atoms with Crippen LogP contribution in [0.25, 0.3) is 0 Å². The average molecular weight is 289 g/mol. The Morgan fingerprint density at radius 2 is 1.94 bits per heavy atom. The van der Waals surface area contributed by atoms with E-state index in [9.17, 15) is 4.79 Å². The van der Waals surface area contributed by atoms with E-state index in [1.165, 1.54) is 0 Å². The number of ether oxygens (including phenoxy) is 1. The lowest BCUT2D eigenvalue weighted by atomic mass is 10.2. The van der Waals surface area contributed by atoms with Crippen LogP contribution >= 0.6 is 15.9 Å². The number of aromatic nitrogens is 2. The molecule has 1 heterocycles. The Morgan fingerprint density at radius 1 is 1.38 bits per heavy atom. The minimum atomic E-state index is -0.239. The van der Waals surface area contributed by atoms with Gasteiger partial charge in [-0.15, -0.1) is 0 Å². The number of carbonyl (C=O) groups is 1. The molecule has 0 saturated heterocycles. The number of carbonyl (C=O) groups excluding carboxylic acids is 1. The van der Waals surface area contributed by atoms with Crippen LogP contribution in [0.5, 0.6) is 5.88 Å². The van der Waals surface area contributed by atoms with E-state index in [0.29, 0.717) is 10.6 Å². The van der Waals surface area contributed by atoms with Gasteiger partial charge >= 0.3 is 5.97 Å². The number of aryl methyl sites for hydroxylation is 1. The van der Waals surface area contributed by atoms with E-state index < -0.39 is 0 Å². The molecule has 1 rings (SSSR count). The summed E-state index contributed by atoms with van der Waals surface area (Å²) in [6.45, 7) is 9.47. The van der Waals surface area contributed by atoms with Crippen molar-refractivity contribution in [3.63, 3.8) is 0 Å². The summed E-state index contributed by atoms with van der Waals surface area (Å²) in [5.74, 6) is 0.145. The zero-order valence-electron chi connectivity index (χ0n) is 10.2. The van der Waals surface area contributed by atoms with E-state index >= 15 is 0 Å². The first-order chi connectivity index (χ1) is 7.34. The molecule has 0 aliphatic carbocycles. The fourth-order valence-corrected chi connectivity index (χ4v) is 2.12. The van der Waals surface area contributed by atoms with Crippen molar-refractivity contribution in [3.8, 4) is 5.88 Å². The van der Waals surface area contributed by atoms with Gasteiger partial charge in [0.15, 0.2) is 4.73 Å². The highest BCUT2D eigenvalue weighted by Gasteiger charge is 2.20. The first-order valence-corrected chi connectivity index (χ1v) is 6.10. The van der Waals surface area contributed by atoms with Gasteiger partial charge in [-0.1, -0.05) is 13.8 Å². The molecule has 5 heteroatoms. The molecule has 0 saturated carbocycles. The summed E-state index contributed by atoms with van der Waals surface area (Å²) in [4.78, 5) is 15.8. The smallest absolute Gasteiger partial charge is 0.315 e. The summed E-state index contributed by atoms with van der Waals surface area (Å²) in [6.07, 6.45) is 0. The predicted octanol–water partition coefficient (Wildman–Crippen LogP) is 3.10. The van der Waals surface area contributed by atoms with Crippen LogP contribution in [0.4, 0.5) is 0 Å². The number of rotatable bonds is 3. The number of esters is 1. The minimum absolute atomic E-state index is 0.145. The summed E-state index contributed by atoms with van der Waals surface area (Å²) in [6, 6.07) is 0.186. The van der Waals surface area contributed by atoms with Crippen molar-refractivity contribution >= 4 is 21.9 Å². The van der Waals surface area contributed by atoms with Crippen molar-refractivity contribution in [1.29, 1.82) is 0 Å². The summed E-state index contributed by atoms with van der Waals surface area (Å²) in [5.41, 5.74) is 0.717. The van der Waals surface area contributed by atoms with Crippen molar-refractivity contribution in [1.82, 2.24) is 9.55 Å². The van der Waals surface area contributed by atoms with Gasteiger partial charge in [0.2, 0.25) is 5.88 Å². The monoisotopic (exact) mass is 288 g/mol. The zero-order valence-corrected chi connectivity index (χ0v) is 11.8. The molecule has 90 valence electrons. The maximum absolute atomic E-state index is 11.6. The standard InChI is InChI=1S/C11H17BrN2O2/c1-6(2)10(15)16-9-8(5)13-11(12)14(9)7(3)4/h6-7H,1-5H3. The first kappa shape index (κ1) is 13.2. The van der Waals surface area contributed by atoms with E-state index in [2.05, 4.69) is 20.9 Å². The minimum Gasteiger partial charge on any atom is -0.407 e. The third kappa shape index (κ3) is 2.64. The topological polar surface area (TPSA) is 44.1 Å². The van der Waals surface area contributed by atoms with E-state index in [1.54, 1.807) is 0 Å². The van der Waals surface area contributed by atoms with Gasteiger partial charge in [-0.3, -0.25) is 9.36 Å². The van der Waals surface area contributed by atoms with Crippen LogP contribution in [0.15, 0.2) is 4.73 Å². The Morgan fingerprint density at radius 3 is 2.38 bits per heavy atom. The normalized spacial score (nSPS) is 11.2. The molecule has 0 aliphatic heterocycles. The number of nitrogens with zero attached hydrogens (tertiary/aromatic N) is 2. The van der Waals surface area contributed by atoms with Gasteiger partial charge in [0, 0.05) is 6.04 Å².